The quantitative estimate of drug-likeness (QED) is 0.741. The molecule has 110 valence electrons. The molecule has 0 aliphatic heterocycles. The second kappa shape index (κ2) is 6.00. The minimum Gasteiger partial charge on any atom is -0.307 e. The monoisotopic (exact) mass is 290 g/mol. The number of rotatable bonds is 4. The first-order valence-corrected chi connectivity index (χ1v) is 7.26. The number of nitrogens with zero attached hydrogens (tertiary/aromatic N) is 4. The van der Waals surface area contributed by atoms with Crippen molar-refractivity contribution in [2.75, 3.05) is 7.05 Å². The summed E-state index contributed by atoms with van der Waals surface area (Å²) in [5.41, 5.74) is 5.15. The summed E-state index contributed by atoms with van der Waals surface area (Å²) < 4.78 is 2.07. The van der Waals surface area contributed by atoms with Crippen LogP contribution in [0.3, 0.4) is 0 Å². The first kappa shape index (κ1) is 14.3. The van der Waals surface area contributed by atoms with Crippen molar-refractivity contribution in [3.8, 4) is 6.07 Å². The third-order valence-corrected chi connectivity index (χ3v) is 3.70. The highest BCUT2D eigenvalue weighted by atomic mass is 15.1. The summed E-state index contributed by atoms with van der Waals surface area (Å²) in [5.74, 6) is 0. The Labute approximate surface area is 130 Å². The normalized spacial score (nSPS) is 11.0. The van der Waals surface area contributed by atoms with Crippen LogP contribution in [-0.4, -0.2) is 21.3 Å². The number of aromatic nitrogens is 2. The first-order valence-electron chi connectivity index (χ1n) is 7.26. The lowest BCUT2D eigenvalue weighted by Gasteiger charge is -2.15. The van der Waals surface area contributed by atoms with Crippen LogP contribution in [0, 0.1) is 18.3 Å². The van der Waals surface area contributed by atoms with Gasteiger partial charge in [0, 0.05) is 25.5 Å². The smallest absolute Gasteiger partial charge is 0.139 e. The van der Waals surface area contributed by atoms with Crippen molar-refractivity contribution in [2.24, 2.45) is 0 Å². The molecule has 0 fully saturated rings. The van der Waals surface area contributed by atoms with E-state index in [-0.39, 0.29) is 0 Å². The molecular formula is C18H18N4. The molecule has 0 bridgehead atoms. The zero-order valence-corrected chi connectivity index (χ0v) is 12.8. The van der Waals surface area contributed by atoms with E-state index in [9.17, 15) is 0 Å². The van der Waals surface area contributed by atoms with E-state index in [4.69, 9.17) is 10.2 Å². The number of benzene rings is 1. The number of hydrogen-bond acceptors (Lipinski definition) is 3. The van der Waals surface area contributed by atoms with Crippen molar-refractivity contribution in [3.63, 3.8) is 0 Å². The van der Waals surface area contributed by atoms with Crippen LogP contribution in [0.2, 0.25) is 0 Å². The molecule has 2 heterocycles. The highest BCUT2D eigenvalue weighted by Gasteiger charge is 2.07. The van der Waals surface area contributed by atoms with Crippen molar-refractivity contribution in [1.29, 1.82) is 5.26 Å². The van der Waals surface area contributed by atoms with E-state index in [1.807, 2.05) is 36.5 Å². The highest BCUT2D eigenvalue weighted by molar-refractivity contribution is 5.47. The van der Waals surface area contributed by atoms with Crippen LogP contribution >= 0.6 is 0 Å². The van der Waals surface area contributed by atoms with Gasteiger partial charge in [-0.05, 0) is 43.3 Å². The van der Waals surface area contributed by atoms with E-state index in [0.29, 0.717) is 5.56 Å². The van der Waals surface area contributed by atoms with Gasteiger partial charge in [-0.3, -0.25) is 4.90 Å². The van der Waals surface area contributed by atoms with Gasteiger partial charge in [-0.15, -0.1) is 0 Å². The second-order valence-electron chi connectivity index (χ2n) is 5.64. The minimum atomic E-state index is 0.697. The highest BCUT2D eigenvalue weighted by Crippen LogP contribution is 2.13. The molecule has 2 aromatic heterocycles. The molecule has 0 atom stereocenters. The Balaban J connectivity index is 1.71. The van der Waals surface area contributed by atoms with Crippen LogP contribution in [0.15, 0.2) is 48.8 Å². The number of aryl methyl sites for hydroxylation is 1. The molecule has 0 saturated heterocycles. The standard InChI is InChI=1S/C18H18N4/c1-14-4-3-9-22-13-17(20-18(14)22)12-21(2)11-16-7-5-15(10-19)6-8-16/h3-9,13H,11-12H2,1-2H3. The lowest BCUT2D eigenvalue weighted by molar-refractivity contribution is 0.315. The van der Waals surface area contributed by atoms with E-state index in [0.717, 1.165) is 24.4 Å². The Bertz CT molecular complexity index is 824. The number of hydrogen-bond donors (Lipinski definition) is 0. The van der Waals surface area contributed by atoms with E-state index < -0.39 is 0 Å². The van der Waals surface area contributed by atoms with E-state index >= 15 is 0 Å². The Hall–Kier alpha value is -2.64. The Morgan fingerprint density at radius 1 is 1.18 bits per heavy atom. The number of fused-ring (bicyclic) bond motifs is 1. The van der Waals surface area contributed by atoms with Crippen LogP contribution in [0.5, 0.6) is 0 Å². The van der Waals surface area contributed by atoms with Gasteiger partial charge in [0.2, 0.25) is 0 Å². The summed E-state index contributed by atoms with van der Waals surface area (Å²) in [7, 11) is 2.08. The third kappa shape index (κ3) is 3.00. The summed E-state index contributed by atoms with van der Waals surface area (Å²) in [6.07, 6.45) is 4.11. The predicted octanol–water partition coefficient (Wildman–Crippen LogP) is 3.15. The van der Waals surface area contributed by atoms with Gasteiger partial charge < -0.3 is 4.40 Å². The van der Waals surface area contributed by atoms with Gasteiger partial charge >= 0.3 is 0 Å². The zero-order valence-electron chi connectivity index (χ0n) is 12.8. The van der Waals surface area contributed by atoms with Crippen molar-refractivity contribution in [3.05, 3.63) is 71.2 Å². The molecule has 0 N–H and O–H groups in total. The maximum absolute atomic E-state index is 8.83. The fourth-order valence-electron chi connectivity index (χ4n) is 2.61. The molecule has 4 nitrogen and oxygen atoms in total. The van der Waals surface area contributed by atoms with Gasteiger partial charge in [-0.1, -0.05) is 18.2 Å². The van der Waals surface area contributed by atoms with Crippen molar-refractivity contribution >= 4 is 5.65 Å². The van der Waals surface area contributed by atoms with E-state index in [1.54, 1.807) is 0 Å². The van der Waals surface area contributed by atoms with Gasteiger partial charge in [0.1, 0.15) is 5.65 Å². The third-order valence-electron chi connectivity index (χ3n) is 3.70. The molecule has 0 saturated carbocycles. The Morgan fingerprint density at radius 2 is 1.95 bits per heavy atom. The van der Waals surface area contributed by atoms with Crippen LogP contribution in [0.25, 0.3) is 5.65 Å². The van der Waals surface area contributed by atoms with Gasteiger partial charge in [0.05, 0.1) is 17.3 Å². The van der Waals surface area contributed by atoms with E-state index in [2.05, 4.69) is 41.6 Å². The molecule has 0 aliphatic rings. The molecule has 1 aromatic carbocycles. The summed E-state index contributed by atoms with van der Waals surface area (Å²) in [4.78, 5) is 6.92. The number of imidazole rings is 1. The molecule has 0 unspecified atom stereocenters. The SMILES string of the molecule is Cc1cccn2cc(CN(C)Cc3ccc(C#N)cc3)nc12. The molecule has 0 aliphatic carbocycles. The number of pyridine rings is 1. The van der Waals surface area contributed by atoms with Crippen molar-refractivity contribution in [1.82, 2.24) is 14.3 Å². The Morgan fingerprint density at radius 3 is 2.64 bits per heavy atom. The fourth-order valence-corrected chi connectivity index (χ4v) is 2.61. The van der Waals surface area contributed by atoms with Gasteiger partial charge in [0.15, 0.2) is 0 Å². The first-order chi connectivity index (χ1) is 10.7. The molecule has 3 rings (SSSR count). The molecule has 0 radical (unpaired) electrons. The molecule has 0 spiro atoms. The lowest BCUT2D eigenvalue weighted by Crippen LogP contribution is -2.17. The average Bonchev–Trinajstić information content (AvgIpc) is 2.92. The largest absolute Gasteiger partial charge is 0.307 e. The van der Waals surface area contributed by atoms with Gasteiger partial charge in [0.25, 0.3) is 0 Å². The summed E-state index contributed by atoms with van der Waals surface area (Å²) in [6.45, 7) is 3.70. The maximum Gasteiger partial charge on any atom is 0.139 e. The van der Waals surface area contributed by atoms with Gasteiger partial charge in [-0.25, -0.2) is 4.98 Å². The summed E-state index contributed by atoms with van der Waals surface area (Å²) in [6, 6.07) is 14.0. The number of nitriles is 1. The maximum atomic E-state index is 8.83. The molecule has 4 heteroatoms. The van der Waals surface area contributed by atoms with Crippen LogP contribution in [0.1, 0.15) is 22.4 Å². The molecule has 0 amide bonds. The Kier molecular flexibility index (Phi) is 3.90. The van der Waals surface area contributed by atoms with Crippen LogP contribution in [0.4, 0.5) is 0 Å². The van der Waals surface area contributed by atoms with E-state index in [1.165, 1.54) is 11.1 Å². The van der Waals surface area contributed by atoms with Crippen molar-refractivity contribution < 1.29 is 0 Å². The van der Waals surface area contributed by atoms with Crippen molar-refractivity contribution in [2.45, 2.75) is 20.0 Å². The molecule has 3 aromatic rings. The lowest BCUT2D eigenvalue weighted by atomic mass is 10.1. The van der Waals surface area contributed by atoms with Crippen LogP contribution in [-0.2, 0) is 13.1 Å². The van der Waals surface area contributed by atoms with Gasteiger partial charge in [-0.2, -0.15) is 5.26 Å². The molecular weight excluding hydrogens is 272 g/mol. The average molecular weight is 290 g/mol. The second-order valence-corrected chi connectivity index (χ2v) is 5.64. The summed E-state index contributed by atoms with van der Waals surface area (Å²) >= 11 is 0. The zero-order chi connectivity index (χ0) is 15.5. The molecule has 22 heavy (non-hydrogen) atoms. The fraction of sp³-hybridized carbons (Fsp3) is 0.222. The topological polar surface area (TPSA) is 44.3 Å². The predicted molar refractivity (Wildman–Crippen MR) is 86.3 cm³/mol. The summed E-state index contributed by atoms with van der Waals surface area (Å²) in [5, 5.41) is 8.83. The van der Waals surface area contributed by atoms with Crippen LogP contribution < -0.4 is 0 Å². The minimum absolute atomic E-state index is 0.697.